The van der Waals surface area contributed by atoms with E-state index in [1.165, 1.54) is 22.0 Å². The largest absolute Gasteiger partial charge is 0.381 e. The van der Waals surface area contributed by atoms with Crippen molar-refractivity contribution in [2.24, 2.45) is 0 Å². The van der Waals surface area contributed by atoms with Crippen LogP contribution in [0.4, 0.5) is 5.69 Å². The van der Waals surface area contributed by atoms with Crippen LogP contribution in [0.5, 0.6) is 0 Å². The first-order valence-corrected chi connectivity index (χ1v) is 11.2. The quantitative estimate of drug-likeness (QED) is 0.774. The second-order valence-electron chi connectivity index (χ2n) is 6.26. The fraction of sp³-hybridized carbons (Fsp3) is 0.294. The summed E-state index contributed by atoms with van der Waals surface area (Å²) in [6.07, 6.45) is 0. The number of hydrogen-bond acceptors (Lipinski definition) is 1. The smallest absolute Gasteiger partial charge is 0.0775 e. The van der Waals surface area contributed by atoms with Crippen molar-refractivity contribution >= 4 is 34.9 Å². The average Bonchev–Trinajstić information content (AvgIpc) is 2.39. The lowest BCUT2D eigenvalue weighted by atomic mass is 10.2. The van der Waals surface area contributed by atoms with Gasteiger partial charge >= 0.3 is 0 Å². The highest BCUT2D eigenvalue weighted by molar-refractivity contribution is 9.10. The molecule has 0 aromatic heterocycles. The molecule has 1 nitrogen and oxygen atoms in total. The van der Waals surface area contributed by atoms with E-state index in [0.29, 0.717) is 0 Å². The highest BCUT2D eigenvalue weighted by atomic mass is 79.9. The molecule has 0 heterocycles. The molecule has 0 atom stereocenters. The van der Waals surface area contributed by atoms with Crippen molar-refractivity contribution in [2.75, 3.05) is 5.32 Å². The van der Waals surface area contributed by atoms with Crippen LogP contribution in [0.25, 0.3) is 0 Å². The van der Waals surface area contributed by atoms with Gasteiger partial charge in [0, 0.05) is 16.7 Å². The van der Waals surface area contributed by atoms with Crippen molar-refractivity contribution in [1.29, 1.82) is 0 Å². The number of aryl methyl sites for hydroxylation is 1. The van der Waals surface area contributed by atoms with Gasteiger partial charge in [0.2, 0.25) is 0 Å². The van der Waals surface area contributed by atoms with E-state index in [4.69, 9.17) is 0 Å². The summed E-state index contributed by atoms with van der Waals surface area (Å²) in [5, 5.41) is 5.02. The normalized spacial score (nSPS) is 11.4. The lowest BCUT2D eigenvalue weighted by Crippen LogP contribution is -2.37. The molecular weight excluding hydrogens is 326 g/mol. The topological polar surface area (TPSA) is 12.0 Å². The monoisotopic (exact) mass is 347 g/mol. The molecule has 0 spiro atoms. The standard InChI is InChI=1S/C17H22BrNSi/c1-13-5-8-15(18)11-17(13)19-12-14-6-9-16(10-7-14)20(2,3)4/h5-11,19H,12H2,1-4H3. The zero-order valence-electron chi connectivity index (χ0n) is 12.6. The van der Waals surface area contributed by atoms with Gasteiger partial charge in [0.15, 0.2) is 0 Å². The Kier molecular flexibility index (Phi) is 4.71. The summed E-state index contributed by atoms with van der Waals surface area (Å²) in [4.78, 5) is 0. The molecule has 3 heteroatoms. The van der Waals surface area contributed by atoms with Crippen LogP contribution in [-0.4, -0.2) is 8.07 Å². The fourth-order valence-corrected chi connectivity index (χ4v) is 3.63. The number of hydrogen-bond donors (Lipinski definition) is 1. The van der Waals surface area contributed by atoms with E-state index in [1.807, 2.05) is 0 Å². The summed E-state index contributed by atoms with van der Waals surface area (Å²) in [6, 6.07) is 15.4. The molecule has 0 aliphatic carbocycles. The summed E-state index contributed by atoms with van der Waals surface area (Å²) >= 11 is 3.52. The van der Waals surface area contributed by atoms with Gasteiger partial charge in [-0.3, -0.25) is 0 Å². The van der Waals surface area contributed by atoms with Crippen LogP contribution in [0.2, 0.25) is 19.6 Å². The Morgan fingerprint density at radius 2 is 1.65 bits per heavy atom. The lowest BCUT2D eigenvalue weighted by Gasteiger charge is -2.17. The molecule has 0 fully saturated rings. The van der Waals surface area contributed by atoms with Crippen LogP contribution in [-0.2, 0) is 6.54 Å². The van der Waals surface area contributed by atoms with E-state index in [2.05, 4.69) is 90.3 Å². The van der Waals surface area contributed by atoms with Gasteiger partial charge in [0.05, 0.1) is 8.07 Å². The first-order chi connectivity index (χ1) is 9.36. The second-order valence-corrected chi connectivity index (χ2v) is 12.3. The predicted octanol–water partition coefficient (Wildman–Crippen LogP) is 4.91. The lowest BCUT2D eigenvalue weighted by molar-refractivity contribution is 1.14. The van der Waals surface area contributed by atoms with E-state index in [1.54, 1.807) is 0 Å². The Balaban J connectivity index is 2.06. The Morgan fingerprint density at radius 1 is 1.00 bits per heavy atom. The molecule has 0 unspecified atom stereocenters. The SMILES string of the molecule is Cc1ccc(Br)cc1NCc1ccc([Si](C)(C)C)cc1. The highest BCUT2D eigenvalue weighted by Crippen LogP contribution is 2.21. The van der Waals surface area contributed by atoms with Crippen LogP contribution in [0, 0.1) is 6.92 Å². The van der Waals surface area contributed by atoms with Gasteiger partial charge in [0.1, 0.15) is 0 Å². The molecule has 0 saturated carbocycles. The summed E-state index contributed by atoms with van der Waals surface area (Å²) in [5.74, 6) is 0. The molecule has 2 aromatic rings. The second kappa shape index (κ2) is 6.14. The van der Waals surface area contributed by atoms with Gasteiger partial charge in [-0.05, 0) is 30.2 Å². The molecule has 2 rings (SSSR count). The Morgan fingerprint density at radius 3 is 2.25 bits per heavy atom. The van der Waals surface area contributed by atoms with E-state index in [9.17, 15) is 0 Å². The Bertz CT molecular complexity index is 585. The van der Waals surface area contributed by atoms with Gasteiger partial charge in [-0.1, -0.05) is 71.1 Å². The van der Waals surface area contributed by atoms with Gasteiger partial charge in [-0.25, -0.2) is 0 Å². The highest BCUT2D eigenvalue weighted by Gasteiger charge is 2.15. The molecule has 20 heavy (non-hydrogen) atoms. The maximum absolute atomic E-state index is 3.52. The minimum atomic E-state index is -1.19. The third-order valence-corrected chi connectivity index (χ3v) is 6.06. The molecule has 0 saturated heterocycles. The number of anilines is 1. The van der Waals surface area contributed by atoms with Crippen LogP contribution in [0.1, 0.15) is 11.1 Å². The molecule has 2 aromatic carbocycles. The average molecular weight is 348 g/mol. The molecule has 0 radical (unpaired) electrons. The number of nitrogens with one attached hydrogen (secondary N) is 1. The molecular formula is C17H22BrNSi. The van der Waals surface area contributed by atoms with Crippen molar-refractivity contribution in [2.45, 2.75) is 33.1 Å². The fourth-order valence-electron chi connectivity index (χ4n) is 2.10. The van der Waals surface area contributed by atoms with Crippen LogP contribution >= 0.6 is 15.9 Å². The van der Waals surface area contributed by atoms with E-state index >= 15 is 0 Å². The Labute approximate surface area is 131 Å². The number of benzene rings is 2. The van der Waals surface area contributed by atoms with Gasteiger partial charge in [0.25, 0.3) is 0 Å². The van der Waals surface area contributed by atoms with Crippen LogP contribution in [0.15, 0.2) is 46.9 Å². The maximum Gasteiger partial charge on any atom is 0.0775 e. The predicted molar refractivity (Wildman–Crippen MR) is 95.6 cm³/mol. The van der Waals surface area contributed by atoms with Gasteiger partial charge in [-0.2, -0.15) is 0 Å². The van der Waals surface area contributed by atoms with Crippen LogP contribution < -0.4 is 10.5 Å². The third-order valence-electron chi connectivity index (χ3n) is 3.50. The molecule has 0 aliphatic rings. The Hall–Kier alpha value is -1.06. The molecule has 0 bridgehead atoms. The van der Waals surface area contributed by atoms with E-state index < -0.39 is 8.07 Å². The van der Waals surface area contributed by atoms with Crippen molar-refractivity contribution in [1.82, 2.24) is 0 Å². The maximum atomic E-state index is 3.52. The molecule has 106 valence electrons. The van der Waals surface area contributed by atoms with Crippen molar-refractivity contribution in [3.63, 3.8) is 0 Å². The van der Waals surface area contributed by atoms with Gasteiger partial charge in [-0.15, -0.1) is 0 Å². The van der Waals surface area contributed by atoms with Gasteiger partial charge < -0.3 is 5.32 Å². The van der Waals surface area contributed by atoms with Crippen molar-refractivity contribution in [3.8, 4) is 0 Å². The van der Waals surface area contributed by atoms with E-state index in [0.717, 1.165) is 11.0 Å². The zero-order chi connectivity index (χ0) is 14.8. The minimum absolute atomic E-state index is 0.864. The van der Waals surface area contributed by atoms with E-state index in [-0.39, 0.29) is 0 Å². The summed E-state index contributed by atoms with van der Waals surface area (Å²) < 4.78 is 1.11. The number of rotatable bonds is 4. The first-order valence-electron chi connectivity index (χ1n) is 6.96. The molecule has 0 aliphatic heterocycles. The van der Waals surface area contributed by atoms with Crippen LogP contribution in [0.3, 0.4) is 0 Å². The molecule has 1 N–H and O–H groups in total. The number of halogens is 1. The summed E-state index contributed by atoms with van der Waals surface area (Å²) in [5.41, 5.74) is 3.78. The van der Waals surface area contributed by atoms with Crippen molar-refractivity contribution < 1.29 is 0 Å². The summed E-state index contributed by atoms with van der Waals surface area (Å²) in [7, 11) is -1.19. The first kappa shape index (κ1) is 15.3. The molecule has 0 amide bonds. The zero-order valence-corrected chi connectivity index (χ0v) is 15.2. The summed E-state index contributed by atoms with van der Waals surface area (Å²) in [6.45, 7) is 10.1. The minimum Gasteiger partial charge on any atom is -0.381 e. The third kappa shape index (κ3) is 3.97. The van der Waals surface area contributed by atoms with Crippen molar-refractivity contribution in [3.05, 3.63) is 58.1 Å².